The predicted octanol–water partition coefficient (Wildman–Crippen LogP) is 5.77. The fourth-order valence-electron chi connectivity index (χ4n) is 2.29. The summed E-state index contributed by atoms with van der Waals surface area (Å²) in [6.07, 6.45) is 1.86. The first-order valence-electron chi connectivity index (χ1n) is 7.00. The van der Waals surface area contributed by atoms with E-state index in [1.807, 2.05) is 42.1 Å². The lowest BCUT2D eigenvalue weighted by atomic mass is 10.2. The zero-order valence-corrected chi connectivity index (χ0v) is 15.5. The molecule has 0 saturated carbocycles. The number of anilines is 1. The first-order chi connectivity index (χ1) is 11.0. The Morgan fingerprint density at radius 1 is 1.09 bits per heavy atom. The van der Waals surface area contributed by atoms with Gasteiger partial charge in [-0.15, -0.1) is 0 Å². The molecule has 0 unspecified atom stereocenters. The molecule has 6 heteroatoms. The van der Waals surface area contributed by atoms with E-state index in [9.17, 15) is 0 Å². The van der Waals surface area contributed by atoms with Crippen LogP contribution in [0.5, 0.6) is 0 Å². The summed E-state index contributed by atoms with van der Waals surface area (Å²) in [5.74, 6) is 0.800. The largest absolute Gasteiger partial charge is 0.352 e. The van der Waals surface area contributed by atoms with Gasteiger partial charge >= 0.3 is 0 Å². The molecule has 1 N–H and O–H groups in total. The van der Waals surface area contributed by atoms with Gasteiger partial charge < -0.3 is 9.88 Å². The van der Waals surface area contributed by atoms with Gasteiger partial charge in [0.25, 0.3) is 0 Å². The standard InChI is InChI=1S/C17H14BrCl2N3/c1-23-16(12-3-5-13(18)6-4-12)10-22-17(23)21-9-11-2-7-14(19)15(20)8-11/h2-8,10H,9H2,1H3,(H,21,22). The number of nitrogens with zero attached hydrogens (tertiary/aromatic N) is 2. The van der Waals surface area contributed by atoms with E-state index in [0.29, 0.717) is 16.6 Å². The monoisotopic (exact) mass is 409 g/mol. The second-order valence-corrected chi connectivity index (χ2v) is 6.87. The minimum Gasteiger partial charge on any atom is -0.352 e. The average molecular weight is 411 g/mol. The fourth-order valence-corrected chi connectivity index (χ4v) is 2.88. The summed E-state index contributed by atoms with van der Waals surface area (Å²) >= 11 is 15.4. The van der Waals surface area contributed by atoms with Gasteiger partial charge in [0.1, 0.15) is 0 Å². The van der Waals surface area contributed by atoms with Crippen molar-refractivity contribution in [2.75, 3.05) is 5.32 Å². The maximum absolute atomic E-state index is 6.04. The maximum Gasteiger partial charge on any atom is 0.203 e. The molecule has 0 aliphatic carbocycles. The normalized spacial score (nSPS) is 10.8. The highest BCUT2D eigenvalue weighted by Gasteiger charge is 2.08. The summed E-state index contributed by atoms with van der Waals surface area (Å²) in [4.78, 5) is 4.45. The SMILES string of the molecule is Cn1c(-c2ccc(Br)cc2)cnc1NCc1ccc(Cl)c(Cl)c1. The highest BCUT2D eigenvalue weighted by Crippen LogP contribution is 2.25. The van der Waals surface area contributed by atoms with Gasteiger partial charge in [-0.3, -0.25) is 0 Å². The number of nitrogens with one attached hydrogen (secondary N) is 1. The molecule has 0 radical (unpaired) electrons. The third kappa shape index (κ3) is 3.71. The maximum atomic E-state index is 6.04. The lowest BCUT2D eigenvalue weighted by Crippen LogP contribution is -2.05. The highest BCUT2D eigenvalue weighted by atomic mass is 79.9. The van der Waals surface area contributed by atoms with Crippen LogP contribution in [0.15, 0.2) is 53.1 Å². The van der Waals surface area contributed by atoms with Crippen molar-refractivity contribution in [3.8, 4) is 11.3 Å². The molecule has 3 rings (SSSR count). The summed E-state index contributed by atoms with van der Waals surface area (Å²) in [6.45, 7) is 0.627. The van der Waals surface area contributed by atoms with Crippen molar-refractivity contribution in [1.29, 1.82) is 0 Å². The second kappa shape index (κ2) is 6.95. The molecule has 118 valence electrons. The predicted molar refractivity (Wildman–Crippen MR) is 100 cm³/mol. The summed E-state index contributed by atoms with van der Waals surface area (Å²) in [5.41, 5.74) is 3.22. The lowest BCUT2D eigenvalue weighted by Gasteiger charge is -2.09. The molecule has 0 bridgehead atoms. The van der Waals surface area contributed by atoms with Gasteiger partial charge in [0, 0.05) is 18.1 Å². The minimum absolute atomic E-state index is 0.557. The molecule has 23 heavy (non-hydrogen) atoms. The number of benzene rings is 2. The van der Waals surface area contributed by atoms with Gasteiger partial charge in [0.2, 0.25) is 5.95 Å². The van der Waals surface area contributed by atoms with Gasteiger partial charge in [0.05, 0.1) is 21.9 Å². The van der Waals surface area contributed by atoms with Crippen molar-refractivity contribution >= 4 is 45.1 Å². The van der Waals surface area contributed by atoms with Crippen molar-refractivity contribution < 1.29 is 0 Å². The van der Waals surface area contributed by atoms with Crippen LogP contribution in [0.1, 0.15) is 5.56 Å². The summed E-state index contributed by atoms with van der Waals surface area (Å²) in [6, 6.07) is 13.8. The minimum atomic E-state index is 0.557. The van der Waals surface area contributed by atoms with Gasteiger partial charge in [-0.2, -0.15) is 0 Å². The molecule has 0 fully saturated rings. The zero-order chi connectivity index (χ0) is 16.4. The van der Waals surface area contributed by atoms with E-state index in [2.05, 4.69) is 38.4 Å². The Hall–Kier alpha value is -1.49. The Bertz CT molecular complexity index is 828. The van der Waals surface area contributed by atoms with Gasteiger partial charge in [0.15, 0.2) is 0 Å². The van der Waals surface area contributed by atoms with Crippen LogP contribution in [0.3, 0.4) is 0 Å². The molecule has 3 nitrogen and oxygen atoms in total. The number of imidazole rings is 1. The molecule has 0 aliphatic rings. The van der Waals surface area contributed by atoms with Gasteiger partial charge in [-0.05, 0) is 35.4 Å². The first-order valence-corrected chi connectivity index (χ1v) is 8.55. The Morgan fingerprint density at radius 3 is 2.52 bits per heavy atom. The van der Waals surface area contributed by atoms with Crippen molar-refractivity contribution in [1.82, 2.24) is 9.55 Å². The Labute approximate surface area is 153 Å². The van der Waals surface area contributed by atoms with Gasteiger partial charge in [-0.25, -0.2) is 4.98 Å². The van der Waals surface area contributed by atoms with Crippen LogP contribution in [0.4, 0.5) is 5.95 Å². The smallest absolute Gasteiger partial charge is 0.203 e. The topological polar surface area (TPSA) is 29.9 Å². The van der Waals surface area contributed by atoms with E-state index in [-0.39, 0.29) is 0 Å². The summed E-state index contributed by atoms with van der Waals surface area (Å²) in [7, 11) is 1.99. The molecular weight excluding hydrogens is 397 g/mol. The molecular formula is C17H14BrCl2N3. The highest BCUT2D eigenvalue weighted by molar-refractivity contribution is 9.10. The number of hydrogen-bond acceptors (Lipinski definition) is 2. The molecule has 0 amide bonds. The Kier molecular flexibility index (Phi) is 4.95. The summed E-state index contributed by atoms with van der Waals surface area (Å²) < 4.78 is 3.09. The van der Waals surface area contributed by atoms with Crippen LogP contribution in [-0.2, 0) is 13.6 Å². The molecule has 0 aliphatic heterocycles. The van der Waals surface area contributed by atoms with Crippen molar-refractivity contribution in [2.24, 2.45) is 7.05 Å². The number of rotatable bonds is 4. The number of aromatic nitrogens is 2. The zero-order valence-electron chi connectivity index (χ0n) is 12.4. The lowest BCUT2D eigenvalue weighted by molar-refractivity contribution is 0.907. The number of halogens is 3. The van der Waals surface area contributed by atoms with E-state index in [1.54, 1.807) is 6.07 Å². The van der Waals surface area contributed by atoms with Crippen molar-refractivity contribution in [3.05, 3.63) is 68.7 Å². The van der Waals surface area contributed by atoms with Crippen LogP contribution >= 0.6 is 39.1 Å². The molecule has 1 heterocycles. The molecule has 0 atom stereocenters. The van der Waals surface area contributed by atoms with E-state index in [1.165, 1.54) is 0 Å². The van der Waals surface area contributed by atoms with E-state index < -0.39 is 0 Å². The molecule has 1 aromatic heterocycles. The second-order valence-electron chi connectivity index (χ2n) is 5.13. The van der Waals surface area contributed by atoms with E-state index in [4.69, 9.17) is 23.2 Å². The average Bonchev–Trinajstić information content (AvgIpc) is 2.90. The van der Waals surface area contributed by atoms with E-state index >= 15 is 0 Å². The number of hydrogen-bond donors (Lipinski definition) is 1. The summed E-state index contributed by atoms with van der Waals surface area (Å²) in [5, 5.41) is 4.44. The quantitative estimate of drug-likeness (QED) is 0.591. The Morgan fingerprint density at radius 2 is 1.83 bits per heavy atom. The van der Waals surface area contributed by atoms with Crippen LogP contribution in [0, 0.1) is 0 Å². The third-order valence-corrected chi connectivity index (χ3v) is 4.83. The van der Waals surface area contributed by atoms with Crippen LogP contribution in [0.25, 0.3) is 11.3 Å². The first kappa shape index (κ1) is 16.4. The van der Waals surface area contributed by atoms with Gasteiger partial charge in [-0.1, -0.05) is 57.3 Å². The molecule has 0 saturated heterocycles. The molecule has 3 aromatic rings. The molecule has 0 spiro atoms. The van der Waals surface area contributed by atoms with Crippen LogP contribution < -0.4 is 5.32 Å². The third-order valence-electron chi connectivity index (χ3n) is 3.56. The molecule has 2 aromatic carbocycles. The van der Waals surface area contributed by atoms with Crippen LogP contribution in [0.2, 0.25) is 10.0 Å². The van der Waals surface area contributed by atoms with Crippen molar-refractivity contribution in [3.63, 3.8) is 0 Å². The van der Waals surface area contributed by atoms with Crippen LogP contribution in [-0.4, -0.2) is 9.55 Å². The van der Waals surface area contributed by atoms with E-state index in [0.717, 1.165) is 27.2 Å². The Balaban J connectivity index is 1.76. The fraction of sp³-hybridized carbons (Fsp3) is 0.118. The van der Waals surface area contributed by atoms with Crippen molar-refractivity contribution in [2.45, 2.75) is 6.54 Å².